The molecule has 0 radical (unpaired) electrons. The van der Waals surface area contributed by atoms with Crippen LogP contribution in [0, 0.1) is 0 Å². The summed E-state index contributed by atoms with van der Waals surface area (Å²) in [5.74, 6) is 0.710. The predicted molar refractivity (Wildman–Crippen MR) is 84.2 cm³/mol. The maximum Gasteiger partial charge on any atom is 0.246 e. The van der Waals surface area contributed by atoms with Gasteiger partial charge in [-0.05, 0) is 23.9 Å². The zero-order valence-corrected chi connectivity index (χ0v) is 13.3. The van der Waals surface area contributed by atoms with Crippen LogP contribution in [0.25, 0.3) is 6.08 Å². The van der Waals surface area contributed by atoms with E-state index in [0.717, 1.165) is 31.2 Å². The molecule has 2 fully saturated rings. The molecule has 1 spiro atoms. The first-order valence-corrected chi connectivity index (χ1v) is 9.01. The summed E-state index contributed by atoms with van der Waals surface area (Å²) >= 11 is -2.24. The molecule has 1 aliphatic carbocycles. The third kappa shape index (κ3) is 2.36. The van der Waals surface area contributed by atoms with E-state index in [4.69, 9.17) is 0 Å². The molecule has 2 unspecified atom stereocenters. The summed E-state index contributed by atoms with van der Waals surface area (Å²) in [6, 6.07) is -0.380. The second kappa shape index (κ2) is 5.38. The monoisotopic (exact) mass is 333 g/mol. The molecule has 1 aromatic rings. The molecule has 3 aliphatic rings. The average molecular weight is 333 g/mol. The lowest BCUT2D eigenvalue weighted by Gasteiger charge is -2.50. The number of hydrogen-bond donors (Lipinski definition) is 1. The van der Waals surface area contributed by atoms with Crippen LogP contribution in [0.15, 0.2) is 12.3 Å². The largest absolute Gasteiger partial charge is 0.772 e. The number of carbonyl (C=O) groups is 1. The number of anilines is 1. The molecule has 1 saturated heterocycles. The minimum absolute atomic E-state index is 0.0306. The molecule has 7 nitrogen and oxygen atoms in total. The molecular weight excluding hydrogens is 316 g/mol. The van der Waals surface area contributed by atoms with E-state index in [1.54, 1.807) is 6.20 Å². The number of rotatable bonds is 2. The molecule has 122 valence electrons. The van der Waals surface area contributed by atoms with Gasteiger partial charge in [0.2, 0.25) is 5.91 Å². The van der Waals surface area contributed by atoms with Gasteiger partial charge in [-0.25, -0.2) is 9.97 Å². The van der Waals surface area contributed by atoms with Crippen molar-refractivity contribution in [3.63, 3.8) is 0 Å². The first-order valence-electron chi connectivity index (χ1n) is 7.76. The van der Waals surface area contributed by atoms with Crippen LogP contribution in [0.5, 0.6) is 0 Å². The third-order valence-corrected chi connectivity index (χ3v) is 5.46. The summed E-state index contributed by atoms with van der Waals surface area (Å²) in [5, 5.41) is 3.02. The fourth-order valence-electron chi connectivity index (χ4n) is 3.93. The molecule has 2 aliphatic heterocycles. The topological polar surface area (TPSA) is 98.2 Å². The van der Waals surface area contributed by atoms with Crippen LogP contribution in [-0.4, -0.2) is 42.8 Å². The van der Waals surface area contributed by atoms with E-state index in [9.17, 15) is 13.6 Å². The minimum atomic E-state index is -2.24. The zero-order chi connectivity index (χ0) is 16.0. The molecule has 3 heterocycles. The quantitative estimate of drug-likeness (QED) is 0.792. The highest BCUT2D eigenvalue weighted by atomic mass is 32.2. The molecule has 4 rings (SSSR count). The number of fused-ring (bicyclic) bond motifs is 4. The molecular formula is C15H17N4O3S-. The highest BCUT2D eigenvalue weighted by Gasteiger charge is 2.49. The average Bonchev–Trinajstić information content (AvgIpc) is 2.99. The molecule has 1 aromatic heterocycles. The summed E-state index contributed by atoms with van der Waals surface area (Å²) in [5.41, 5.74) is 0.711. The normalized spacial score (nSPS) is 25.9. The summed E-state index contributed by atoms with van der Waals surface area (Å²) in [6.45, 7) is 0.614. The molecule has 2 atom stereocenters. The second-order valence-corrected chi connectivity index (χ2v) is 7.23. The molecule has 1 amide bonds. The Hall–Kier alpha value is -1.80. The Morgan fingerprint density at radius 2 is 2.22 bits per heavy atom. The van der Waals surface area contributed by atoms with Gasteiger partial charge in [0.25, 0.3) is 0 Å². The summed E-state index contributed by atoms with van der Waals surface area (Å²) in [7, 11) is 0. The molecule has 1 N–H and O–H groups in total. The maximum absolute atomic E-state index is 12.3. The van der Waals surface area contributed by atoms with Crippen molar-refractivity contribution in [2.45, 2.75) is 43.0 Å². The van der Waals surface area contributed by atoms with Gasteiger partial charge in [-0.1, -0.05) is 25.0 Å². The van der Waals surface area contributed by atoms with Crippen molar-refractivity contribution in [2.24, 2.45) is 0 Å². The summed E-state index contributed by atoms with van der Waals surface area (Å²) in [6.07, 6.45) is 9.63. The highest BCUT2D eigenvalue weighted by Crippen LogP contribution is 2.43. The number of piperazine rings is 1. The number of nitrogens with zero attached hydrogens (tertiary/aromatic N) is 3. The van der Waals surface area contributed by atoms with Crippen molar-refractivity contribution in [3.8, 4) is 0 Å². The lowest BCUT2D eigenvalue weighted by atomic mass is 9.87. The maximum atomic E-state index is 12.3. The van der Waals surface area contributed by atoms with Crippen LogP contribution in [-0.2, 0) is 21.6 Å². The van der Waals surface area contributed by atoms with Gasteiger partial charge in [0, 0.05) is 18.3 Å². The lowest BCUT2D eigenvalue weighted by molar-refractivity contribution is -0.123. The van der Waals surface area contributed by atoms with E-state index >= 15 is 0 Å². The Bertz CT molecular complexity index is 715. The fourth-order valence-corrected chi connectivity index (χ4v) is 4.28. The van der Waals surface area contributed by atoms with Crippen LogP contribution in [0.3, 0.4) is 0 Å². The number of nitrogens with one attached hydrogen (secondary N) is 1. The summed E-state index contributed by atoms with van der Waals surface area (Å²) < 4.78 is 21.9. The Labute approximate surface area is 136 Å². The van der Waals surface area contributed by atoms with E-state index in [2.05, 4.69) is 20.2 Å². The van der Waals surface area contributed by atoms with Gasteiger partial charge in [-0.3, -0.25) is 9.00 Å². The Morgan fingerprint density at radius 1 is 1.43 bits per heavy atom. The van der Waals surface area contributed by atoms with Crippen molar-refractivity contribution >= 4 is 28.9 Å². The van der Waals surface area contributed by atoms with Crippen molar-refractivity contribution in [2.75, 3.05) is 11.4 Å². The van der Waals surface area contributed by atoms with Gasteiger partial charge in [0.1, 0.15) is 17.7 Å². The second-order valence-electron chi connectivity index (χ2n) is 6.34. The van der Waals surface area contributed by atoms with Crippen LogP contribution < -0.4 is 10.2 Å². The first-order chi connectivity index (χ1) is 11.1. The van der Waals surface area contributed by atoms with Crippen molar-refractivity contribution < 1.29 is 13.6 Å². The minimum Gasteiger partial charge on any atom is -0.772 e. The van der Waals surface area contributed by atoms with E-state index in [0.29, 0.717) is 12.4 Å². The zero-order valence-electron chi connectivity index (χ0n) is 12.5. The predicted octanol–water partition coefficient (Wildman–Crippen LogP) is 0.500. The van der Waals surface area contributed by atoms with Crippen LogP contribution in [0.1, 0.15) is 37.1 Å². The van der Waals surface area contributed by atoms with Crippen LogP contribution >= 0.6 is 0 Å². The van der Waals surface area contributed by atoms with Gasteiger partial charge >= 0.3 is 0 Å². The highest BCUT2D eigenvalue weighted by molar-refractivity contribution is 7.78. The third-order valence-electron chi connectivity index (χ3n) is 4.96. The number of carbonyl (C=O) groups excluding carboxylic acids is 1. The van der Waals surface area contributed by atoms with Gasteiger partial charge < -0.3 is 14.8 Å². The van der Waals surface area contributed by atoms with Crippen molar-refractivity contribution in [3.05, 3.63) is 23.7 Å². The molecule has 0 aromatic carbocycles. The lowest BCUT2D eigenvalue weighted by Crippen LogP contribution is -2.67. The Morgan fingerprint density at radius 3 is 2.96 bits per heavy atom. The SMILES string of the molecule is O=C1NCC2(CCCC2)N2c3nc(CS(=O)[O-])ncc3C=CC12. The Kier molecular flexibility index (Phi) is 3.46. The first kappa shape index (κ1) is 14.8. The van der Waals surface area contributed by atoms with E-state index in [-0.39, 0.29) is 29.1 Å². The van der Waals surface area contributed by atoms with Crippen LogP contribution in [0.2, 0.25) is 0 Å². The van der Waals surface area contributed by atoms with Gasteiger partial charge in [-0.15, -0.1) is 0 Å². The van der Waals surface area contributed by atoms with Crippen molar-refractivity contribution in [1.29, 1.82) is 0 Å². The fraction of sp³-hybridized carbons (Fsp3) is 0.533. The van der Waals surface area contributed by atoms with Gasteiger partial charge in [-0.2, -0.15) is 0 Å². The molecule has 23 heavy (non-hydrogen) atoms. The smallest absolute Gasteiger partial charge is 0.246 e. The number of amides is 1. The van der Waals surface area contributed by atoms with Gasteiger partial charge in [0.05, 0.1) is 11.3 Å². The molecule has 1 saturated carbocycles. The van der Waals surface area contributed by atoms with Gasteiger partial charge in [0.15, 0.2) is 0 Å². The van der Waals surface area contributed by atoms with E-state index < -0.39 is 11.1 Å². The number of aromatic nitrogens is 2. The van der Waals surface area contributed by atoms with E-state index in [1.165, 1.54) is 0 Å². The number of hydrogen-bond acceptors (Lipinski definition) is 6. The standard InChI is InChI=1S/C15H18N4O3S/c20-14-11-4-3-10-7-16-12(8-23(21)22)18-13(10)19(11)15(9-17-14)5-1-2-6-15/h3-4,7,11H,1-2,5-6,8-9H2,(H,17,20)(H,21,22)/p-1. The molecule has 0 bridgehead atoms. The van der Waals surface area contributed by atoms with E-state index in [1.807, 2.05) is 12.2 Å². The Balaban J connectivity index is 1.82. The molecule has 8 heteroatoms. The summed E-state index contributed by atoms with van der Waals surface area (Å²) in [4.78, 5) is 23.0. The van der Waals surface area contributed by atoms with Crippen molar-refractivity contribution in [1.82, 2.24) is 15.3 Å². The van der Waals surface area contributed by atoms with Crippen LogP contribution in [0.4, 0.5) is 5.82 Å².